The average Bonchev–Trinajstić information content (AvgIpc) is 3.49. The predicted octanol–water partition coefficient (Wildman–Crippen LogP) is 6.93. The van der Waals surface area contributed by atoms with Gasteiger partial charge in [0.15, 0.2) is 0 Å². The van der Waals surface area contributed by atoms with Crippen LogP contribution in [-0.4, -0.2) is 26.5 Å². The lowest BCUT2D eigenvalue weighted by molar-refractivity contribution is -0.130. The standard InChI is InChI=1S/C18H12ClF2N3O2S.C3H5F3/c19-11-2-1-3-12(20)15(11)22-17(26)10-6-13(21)9(7-14(10)25)18-23-16(24-27-18)8-4-5-8;1-2-3(4,5)6/h1-3,6-8,25H,4-5H2,(H,22,26);2H2,1H3. The minimum absolute atomic E-state index is 0.0126. The number of para-hydroxylation sites is 1. The number of carbonyl (C=O) groups is 1. The molecule has 5 nitrogen and oxygen atoms in total. The first-order valence-electron chi connectivity index (χ1n) is 9.68. The Bertz CT molecular complexity index is 1150. The van der Waals surface area contributed by atoms with Crippen molar-refractivity contribution in [2.45, 2.75) is 38.3 Å². The van der Waals surface area contributed by atoms with Crippen LogP contribution in [0.5, 0.6) is 5.75 Å². The van der Waals surface area contributed by atoms with E-state index in [1.54, 1.807) is 0 Å². The molecular weight excluding hydrogens is 489 g/mol. The van der Waals surface area contributed by atoms with E-state index in [9.17, 15) is 31.9 Å². The summed E-state index contributed by atoms with van der Waals surface area (Å²) in [4.78, 5) is 16.7. The number of aromatic hydroxyl groups is 1. The monoisotopic (exact) mass is 505 g/mol. The third kappa shape index (κ3) is 6.38. The number of aromatic nitrogens is 2. The second-order valence-corrected chi connectivity index (χ2v) is 8.26. The van der Waals surface area contributed by atoms with Crippen LogP contribution in [0, 0.1) is 11.6 Å². The quantitative estimate of drug-likeness (QED) is 0.377. The fourth-order valence-electron chi connectivity index (χ4n) is 2.56. The molecule has 176 valence electrons. The van der Waals surface area contributed by atoms with Gasteiger partial charge in [-0.25, -0.2) is 13.8 Å². The highest BCUT2D eigenvalue weighted by molar-refractivity contribution is 7.09. The van der Waals surface area contributed by atoms with Crippen molar-refractivity contribution in [1.82, 2.24) is 9.36 Å². The van der Waals surface area contributed by atoms with Crippen LogP contribution in [0.2, 0.25) is 5.02 Å². The van der Waals surface area contributed by atoms with Crippen LogP contribution in [0.4, 0.5) is 27.6 Å². The van der Waals surface area contributed by atoms with Gasteiger partial charge in [-0.2, -0.15) is 17.5 Å². The molecule has 0 unspecified atom stereocenters. The summed E-state index contributed by atoms with van der Waals surface area (Å²) in [5, 5.41) is 12.8. The summed E-state index contributed by atoms with van der Waals surface area (Å²) >= 11 is 6.90. The average molecular weight is 506 g/mol. The van der Waals surface area contributed by atoms with E-state index in [4.69, 9.17) is 11.6 Å². The number of rotatable bonds is 4. The van der Waals surface area contributed by atoms with E-state index >= 15 is 0 Å². The Morgan fingerprint density at radius 3 is 2.48 bits per heavy atom. The molecule has 0 radical (unpaired) electrons. The number of alkyl halides is 3. The summed E-state index contributed by atoms with van der Waals surface area (Å²) in [6, 6.07) is 5.91. The molecule has 3 aromatic rings. The molecule has 33 heavy (non-hydrogen) atoms. The van der Waals surface area contributed by atoms with Gasteiger partial charge in [0.2, 0.25) is 0 Å². The van der Waals surface area contributed by atoms with Gasteiger partial charge < -0.3 is 10.4 Å². The van der Waals surface area contributed by atoms with Crippen molar-refractivity contribution in [2.75, 3.05) is 5.32 Å². The van der Waals surface area contributed by atoms with Crippen molar-refractivity contribution in [3.63, 3.8) is 0 Å². The number of nitrogens with zero attached hydrogens (tertiary/aromatic N) is 2. The van der Waals surface area contributed by atoms with Crippen molar-refractivity contribution in [2.24, 2.45) is 0 Å². The molecule has 1 aliphatic rings. The zero-order valence-corrected chi connectivity index (χ0v) is 18.6. The number of phenolic OH excluding ortho intramolecular Hbond substituents is 1. The summed E-state index contributed by atoms with van der Waals surface area (Å²) < 4.78 is 64.9. The first-order valence-corrected chi connectivity index (χ1v) is 10.8. The fourth-order valence-corrected chi connectivity index (χ4v) is 3.53. The van der Waals surface area contributed by atoms with Gasteiger partial charge >= 0.3 is 6.18 Å². The number of phenols is 1. The maximum Gasteiger partial charge on any atom is 0.388 e. The molecule has 1 amide bonds. The number of carbonyl (C=O) groups excluding carboxylic acids is 1. The molecule has 2 aromatic carbocycles. The Morgan fingerprint density at radius 2 is 1.91 bits per heavy atom. The second kappa shape index (κ2) is 10.0. The molecular formula is C21H17ClF5N3O2S. The minimum Gasteiger partial charge on any atom is -0.507 e. The molecule has 2 N–H and O–H groups in total. The van der Waals surface area contributed by atoms with Crippen molar-refractivity contribution >= 4 is 34.7 Å². The van der Waals surface area contributed by atoms with E-state index in [-0.39, 0.29) is 21.8 Å². The van der Waals surface area contributed by atoms with Crippen LogP contribution >= 0.6 is 23.1 Å². The summed E-state index contributed by atoms with van der Waals surface area (Å²) in [6.45, 7) is 1.08. The highest BCUT2D eigenvalue weighted by Gasteiger charge is 2.29. The smallest absolute Gasteiger partial charge is 0.388 e. The molecule has 0 saturated heterocycles. The minimum atomic E-state index is -3.96. The lowest BCUT2D eigenvalue weighted by atomic mass is 10.1. The van der Waals surface area contributed by atoms with E-state index < -0.39 is 35.9 Å². The molecule has 1 saturated carbocycles. The van der Waals surface area contributed by atoms with Crippen LogP contribution in [0.3, 0.4) is 0 Å². The van der Waals surface area contributed by atoms with Gasteiger partial charge in [-0.3, -0.25) is 4.79 Å². The third-order valence-electron chi connectivity index (χ3n) is 4.55. The van der Waals surface area contributed by atoms with E-state index in [0.29, 0.717) is 16.7 Å². The highest BCUT2D eigenvalue weighted by atomic mass is 35.5. The second-order valence-electron chi connectivity index (χ2n) is 7.10. The summed E-state index contributed by atoms with van der Waals surface area (Å²) in [5.41, 5.74) is -0.536. The highest BCUT2D eigenvalue weighted by Crippen LogP contribution is 2.40. The largest absolute Gasteiger partial charge is 0.507 e. The van der Waals surface area contributed by atoms with Crippen LogP contribution in [0.25, 0.3) is 10.6 Å². The molecule has 0 atom stereocenters. The van der Waals surface area contributed by atoms with Crippen LogP contribution < -0.4 is 5.32 Å². The third-order valence-corrected chi connectivity index (χ3v) is 5.62. The normalized spacial score (nSPS) is 13.3. The van der Waals surface area contributed by atoms with Crippen molar-refractivity contribution in [3.05, 3.63) is 58.4 Å². The molecule has 4 rings (SSSR count). The zero-order valence-electron chi connectivity index (χ0n) is 17.0. The van der Waals surface area contributed by atoms with Crippen LogP contribution in [0.1, 0.15) is 48.3 Å². The lowest BCUT2D eigenvalue weighted by Crippen LogP contribution is -2.14. The molecule has 0 spiro atoms. The van der Waals surface area contributed by atoms with Crippen molar-refractivity contribution in [3.8, 4) is 16.3 Å². The van der Waals surface area contributed by atoms with Gasteiger partial charge in [0.05, 0.1) is 21.8 Å². The maximum atomic E-state index is 14.5. The zero-order chi connectivity index (χ0) is 24.3. The molecule has 1 fully saturated rings. The van der Waals surface area contributed by atoms with E-state index in [2.05, 4.69) is 14.7 Å². The molecule has 1 heterocycles. The number of hydrogen-bond donors (Lipinski definition) is 2. The Balaban J connectivity index is 0.000000454. The number of hydrogen-bond acceptors (Lipinski definition) is 5. The molecule has 12 heteroatoms. The number of amides is 1. The number of nitrogens with one attached hydrogen (secondary N) is 1. The van der Waals surface area contributed by atoms with E-state index in [1.807, 2.05) is 0 Å². The lowest BCUT2D eigenvalue weighted by Gasteiger charge is -2.10. The van der Waals surface area contributed by atoms with Gasteiger partial charge in [0, 0.05) is 12.3 Å². The molecule has 1 aromatic heterocycles. The van der Waals surface area contributed by atoms with Crippen molar-refractivity contribution < 1.29 is 31.9 Å². The Kier molecular flexibility index (Phi) is 7.53. The van der Waals surface area contributed by atoms with Gasteiger partial charge in [0.1, 0.15) is 28.2 Å². The van der Waals surface area contributed by atoms with Crippen LogP contribution in [0.15, 0.2) is 30.3 Å². The predicted molar refractivity (Wildman–Crippen MR) is 115 cm³/mol. The van der Waals surface area contributed by atoms with E-state index in [1.165, 1.54) is 12.1 Å². The molecule has 0 aliphatic heterocycles. The Hall–Kier alpha value is -2.79. The first kappa shape index (κ1) is 24.8. The van der Waals surface area contributed by atoms with E-state index in [0.717, 1.165) is 49.5 Å². The Morgan fingerprint density at radius 1 is 1.24 bits per heavy atom. The summed E-state index contributed by atoms with van der Waals surface area (Å²) in [5.74, 6) is -1.84. The van der Waals surface area contributed by atoms with Gasteiger partial charge in [-0.15, -0.1) is 0 Å². The van der Waals surface area contributed by atoms with Gasteiger partial charge in [-0.05, 0) is 48.6 Å². The van der Waals surface area contributed by atoms with Crippen LogP contribution in [-0.2, 0) is 0 Å². The first-order chi connectivity index (χ1) is 15.5. The van der Waals surface area contributed by atoms with Gasteiger partial charge in [0.25, 0.3) is 5.91 Å². The number of anilines is 1. The summed E-state index contributed by atoms with van der Waals surface area (Å²) in [6.07, 6.45) is -2.66. The molecule has 0 bridgehead atoms. The fraction of sp³-hybridized carbons (Fsp3) is 0.286. The topological polar surface area (TPSA) is 75.1 Å². The number of halogens is 6. The van der Waals surface area contributed by atoms with Gasteiger partial charge in [-0.1, -0.05) is 24.6 Å². The number of benzene rings is 2. The Labute approximate surface area is 194 Å². The SMILES string of the molecule is CCC(F)(F)F.O=C(Nc1c(F)cccc1Cl)c1cc(F)c(-c2nc(C3CC3)ns2)cc1O. The molecule has 1 aliphatic carbocycles. The maximum absolute atomic E-state index is 14.5. The summed E-state index contributed by atoms with van der Waals surface area (Å²) in [7, 11) is 0. The van der Waals surface area contributed by atoms with Crippen molar-refractivity contribution in [1.29, 1.82) is 0 Å².